The molecule has 0 aliphatic carbocycles. The Bertz CT molecular complexity index is 558. The van der Waals surface area contributed by atoms with Crippen LogP contribution in [0, 0.1) is 5.41 Å². The van der Waals surface area contributed by atoms with Crippen LogP contribution in [0.25, 0.3) is 0 Å². The Labute approximate surface area is 127 Å². The molecule has 0 aromatic heterocycles. The minimum atomic E-state index is -1.05. The van der Waals surface area contributed by atoms with Crippen molar-refractivity contribution in [2.75, 3.05) is 12.3 Å². The number of carboxylic acid groups (broad SMARTS) is 1. The lowest BCUT2D eigenvalue weighted by atomic mass is 9.94. The van der Waals surface area contributed by atoms with E-state index in [4.69, 9.17) is 10.8 Å². The van der Waals surface area contributed by atoms with Crippen molar-refractivity contribution in [3.63, 3.8) is 0 Å². The monoisotopic (exact) mass is 310 g/mol. The molecule has 4 N–H and O–H groups in total. The maximum Gasteiger partial charge on any atom is 0.310 e. The molecule has 1 aromatic carbocycles. The van der Waals surface area contributed by atoms with Gasteiger partial charge >= 0.3 is 5.97 Å². The largest absolute Gasteiger partial charge is 0.481 e. The Hall–Kier alpha value is -2.02. The summed E-state index contributed by atoms with van der Waals surface area (Å²) < 4.78 is 0. The normalized spacial score (nSPS) is 11.0. The van der Waals surface area contributed by atoms with Crippen LogP contribution in [0.15, 0.2) is 29.2 Å². The summed E-state index contributed by atoms with van der Waals surface area (Å²) in [6.07, 6.45) is 0. The second-order valence-corrected chi connectivity index (χ2v) is 6.14. The predicted molar refractivity (Wildman–Crippen MR) is 80.1 cm³/mol. The van der Waals surface area contributed by atoms with E-state index in [0.29, 0.717) is 10.5 Å². The van der Waals surface area contributed by atoms with Crippen molar-refractivity contribution < 1.29 is 19.5 Å². The fourth-order valence-corrected chi connectivity index (χ4v) is 2.19. The van der Waals surface area contributed by atoms with Crippen LogP contribution in [0.3, 0.4) is 0 Å². The van der Waals surface area contributed by atoms with Crippen molar-refractivity contribution in [1.82, 2.24) is 5.32 Å². The number of primary amides is 1. The summed E-state index contributed by atoms with van der Waals surface area (Å²) in [5, 5.41) is 11.6. The lowest BCUT2D eigenvalue weighted by molar-refractivity contribution is -0.146. The zero-order valence-electron chi connectivity index (χ0n) is 11.9. The summed E-state index contributed by atoms with van der Waals surface area (Å²) in [6.45, 7) is 3.07. The van der Waals surface area contributed by atoms with Crippen molar-refractivity contribution in [3.8, 4) is 0 Å². The molecule has 7 heteroatoms. The van der Waals surface area contributed by atoms with Gasteiger partial charge in [-0.2, -0.15) is 0 Å². The molecule has 0 spiro atoms. The van der Waals surface area contributed by atoms with Gasteiger partial charge in [0.2, 0.25) is 5.91 Å². The Morgan fingerprint density at radius 1 is 1.29 bits per heavy atom. The third-order valence-corrected chi connectivity index (χ3v) is 3.87. The third kappa shape index (κ3) is 5.11. The highest BCUT2D eigenvalue weighted by molar-refractivity contribution is 8.00. The first-order valence-electron chi connectivity index (χ1n) is 6.26. The molecule has 0 radical (unpaired) electrons. The molecule has 0 aliphatic heterocycles. The molecule has 0 heterocycles. The number of hydrogen-bond acceptors (Lipinski definition) is 4. The smallest absolute Gasteiger partial charge is 0.310 e. The summed E-state index contributed by atoms with van der Waals surface area (Å²) in [6, 6.07) is 6.78. The number of carbonyl (C=O) groups excluding carboxylic acids is 2. The average Bonchev–Trinajstić information content (AvgIpc) is 2.42. The first kappa shape index (κ1) is 17.0. The van der Waals surface area contributed by atoms with E-state index >= 15 is 0 Å². The van der Waals surface area contributed by atoms with E-state index in [-0.39, 0.29) is 18.2 Å². The molecule has 6 nitrogen and oxygen atoms in total. The van der Waals surface area contributed by atoms with E-state index in [1.54, 1.807) is 24.3 Å². The van der Waals surface area contributed by atoms with Gasteiger partial charge in [-0.25, -0.2) is 0 Å². The van der Waals surface area contributed by atoms with Gasteiger partial charge in [0.15, 0.2) is 0 Å². The quantitative estimate of drug-likeness (QED) is 0.653. The van der Waals surface area contributed by atoms with Crippen LogP contribution in [0.2, 0.25) is 0 Å². The van der Waals surface area contributed by atoms with Gasteiger partial charge in [-0.15, -0.1) is 11.8 Å². The summed E-state index contributed by atoms with van der Waals surface area (Å²) in [5.41, 5.74) is 4.43. The number of aliphatic carboxylic acids is 1. The fourth-order valence-electron chi connectivity index (χ4n) is 1.40. The van der Waals surface area contributed by atoms with E-state index in [9.17, 15) is 14.4 Å². The van der Waals surface area contributed by atoms with Gasteiger partial charge in [-0.1, -0.05) is 12.1 Å². The second kappa shape index (κ2) is 7.12. The SMILES string of the molecule is CC(C)(CNC(=O)c1ccccc1SCC(N)=O)C(=O)O. The average molecular weight is 310 g/mol. The highest BCUT2D eigenvalue weighted by Crippen LogP contribution is 2.22. The summed E-state index contributed by atoms with van der Waals surface area (Å²) in [7, 11) is 0. The van der Waals surface area contributed by atoms with Crippen molar-refractivity contribution >= 4 is 29.5 Å². The molecular weight excluding hydrogens is 292 g/mol. The van der Waals surface area contributed by atoms with Gasteiger partial charge in [-0.3, -0.25) is 14.4 Å². The van der Waals surface area contributed by atoms with Gasteiger partial charge < -0.3 is 16.2 Å². The molecule has 0 atom stereocenters. The van der Waals surface area contributed by atoms with E-state index in [1.807, 2.05) is 0 Å². The van der Waals surface area contributed by atoms with Gasteiger partial charge in [-0.05, 0) is 26.0 Å². The lowest BCUT2D eigenvalue weighted by Crippen LogP contribution is -2.39. The predicted octanol–water partition coefficient (Wildman–Crippen LogP) is 1.10. The van der Waals surface area contributed by atoms with Crippen molar-refractivity contribution in [2.45, 2.75) is 18.7 Å². The number of hydrogen-bond donors (Lipinski definition) is 3. The van der Waals surface area contributed by atoms with Gasteiger partial charge in [0.25, 0.3) is 5.91 Å². The van der Waals surface area contributed by atoms with Crippen LogP contribution in [0.1, 0.15) is 24.2 Å². The van der Waals surface area contributed by atoms with E-state index in [0.717, 1.165) is 0 Å². The molecule has 0 aliphatic rings. The van der Waals surface area contributed by atoms with Gasteiger partial charge in [0.1, 0.15) is 0 Å². The second-order valence-electron chi connectivity index (χ2n) is 5.12. The molecule has 0 bridgehead atoms. The molecular formula is C14H18N2O4S. The standard InChI is InChI=1S/C14H18N2O4S/c1-14(2,13(19)20)8-16-12(18)9-5-3-4-6-10(9)21-7-11(15)17/h3-6H,7-8H2,1-2H3,(H2,15,17)(H,16,18)(H,19,20). The summed E-state index contributed by atoms with van der Waals surface area (Å²) >= 11 is 1.17. The number of thioether (sulfide) groups is 1. The molecule has 0 unspecified atom stereocenters. The van der Waals surface area contributed by atoms with Gasteiger partial charge in [0.05, 0.1) is 16.7 Å². The minimum Gasteiger partial charge on any atom is -0.481 e. The van der Waals surface area contributed by atoms with Gasteiger partial charge in [0, 0.05) is 11.4 Å². The zero-order chi connectivity index (χ0) is 16.0. The third-order valence-electron chi connectivity index (χ3n) is 2.77. The van der Waals surface area contributed by atoms with E-state index in [1.165, 1.54) is 25.6 Å². The molecule has 2 amide bonds. The van der Waals surface area contributed by atoms with Crippen LogP contribution in [-0.4, -0.2) is 35.2 Å². The van der Waals surface area contributed by atoms with E-state index in [2.05, 4.69) is 5.32 Å². The van der Waals surface area contributed by atoms with Crippen LogP contribution in [-0.2, 0) is 9.59 Å². The number of amides is 2. The Kier molecular flexibility index (Phi) is 5.78. The number of rotatable bonds is 7. The lowest BCUT2D eigenvalue weighted by Gasteiger charge is -2.19. The van der Waals surface area contributed by atoms with Crippen LogP contribution in [0.5, 0.6) is 0 Å². The number of nitrogens with two attached hydrogens (primary N) is 1. The first-order chi connectivity index (χ1) is 9.74. The minimum absolute atomic E-state index is 0.00991. The molecule has 1 rings (SSSR count). The first-order valence-corrected chi connectivity index (χ1v) is 7.24. The van der Waals surface area contributed by atoms with Crippen molar-refractivity contribution in [3.05, 3.63) is 29.8 Å². The number of carboxylic acids is 1. The topological polar surface area (TPSA) is 109 Å². The highest BCUT2D eigenvalue weighted by atomic mass is 32.2. The zero-order valence-corrected chi connectivity index (χ0v) is 12.7. The number of carbonyl (C=O) groups is 3. The maximum absolute atomic E-state index is 12.1. The Balaban J connectivity index is 2.78. The van der Waals surface area contributed by atoms with Crippen LogP contribution in [0.4, 0.5) is 0 Å². The van der Waals surface area contributed by atoms with Crippen LogP contribution >= 0.6 is 11.8 Å². The number of benzene rings is 1. The van der Waals surface area contributed by atoms with E-state index < -0.39 is 17.3 Å². The summed E-state index contributed by atoms with van der Waals surface area (Å²) in [5.74, 6) is -1.76. The Morgan fingerprint density at radius 3 is 2.48 bits per heavy atom. The fraction of sp³-hybridized carbons (Fsp3) is 0.357. The molecule has 0 saturated heterocycles. The van der Waals surface area contributed by atoms with Crippen molar-refractivity contribution in [2.24, 2.45) is 11.1 Å². The number of nitrogens with one attached hydrogen (secondary N) is 1. The maximum atomic E-state index is 12.1. The molecule has 0 saturated carbocycles. The molecule has 0 fully saturated rings. The summed E-state index contributed by atoms with van der Waals surface area (Å²) in [4.78, 5) is 34.6. The molecule has 1 aromatic rings. The van der Waals surface area contributed by atoms with Crippen LogP contribution < -0.4 is 11.1 Å². The Morgan fingerprint density at radius 2 is 1.90 bits per heavy atom. The highest BCUT2D eigenvalue weighted by Gasteiger charge is 2.28. The molecule has 21 heavy (non-hydrogen) atoms. The van der Waals surface area contributed by atoms with Crippen molar-refractivity contribution in [1.29, 1.82) is 0 Å². The molecule has 114 valence electrons.